The summed E-state index contributed by atoms with van der Waals surface area (Å²) >= 11 is 0. The standard InChI is InChI=1S/C7H15N3O2/c1-5-6-9(7(2)3)10(11)8-12-4/h5,7H,1,6H2,2-4H3. The topological polar surface area (TPSA) is 50.9 Å². The van der Waals surface area contributed by atoms with E-state index in [-0.39, 0.29) is 6.04 Å². The van der Waals surface area contributed by atoms with E-state index in [4.69, 9.17) is 0 Å². The second-order valence-electron chi connectivity index (χ2n) is 2.52. The number of rotatable bonds is 5. The summed E-state index contributed by atoms with van der Waals surface area (Å²) in [7, 11) is 1.33. The molecular formula is C7H15N3O2. The van der Waals surface area contributed by atoms with Gasteiger partial charge in [-0.15, -0.1) is 11.6 Å². The van der Waals surface area contributed by atoms with Crippen molar-refractivity contribution in [1.29, 1.82) is 0 Å². The molecule has 0 N–H and O–H groups in total. The minimum atomic E-state index is 0.0689. The van der Waals surface area contributed by atoms with Gasteiger partial charge in [-0.25, -0.2) is 0 Å². The van der Waals surface area contributed by atoms with Crippen molar-refractivity contribution in [3.05, 3.63) is 17.9 Å². The fourth-order valence-corrected chi connectivity index (χ4v) is 0.727. The highest BCUT2D eigenvalue weighted by molar-refractivity contribution is 4.70. The molecule has 0 bridgehead atoms. The van der Waals surface area contributed by atoms with Gasteiger partial charge >= 0.3 is 0 Å². The molecule has 0 heterocycles. The summed E-state index contributed by atoms with van der Waals surface area (Å²) in [5.41, 5.74) is 0. The van der Waals surface area contributed by atoms with E-state index in [2.05, 4.69) is 16.7 Å². The minimum Gasteiger partial charge on any atom is -0.569 e. The van der Waals surface area contributed by atoms with Crippen LogP contribution in [0.4, 0.5) is 0 Å². The number of hydrogen-bond donors (Lipinski definition) is 0. The quantitative estimate of drug-likeness (QED) is 0.273. The van der Waals surface area contributed by atoms with E-state index >= 15 is 0 Å². The first-order chi connectivity index (χ1) is 5.63. The van der Waals surface area contributed by atoms with Crippen molar-refractivity contribution in [2.45, 2.75) is 19.9 Å². The molecule has 5 nitrogen and oxygen atoms in total. The third-order valence-corrected chi connectivity index (χ3v) is 1.28. The Kier molecular flexibility index (Phi) is 4.83. The smallest absolute Gasteiger partial charge is 0.232 e. The van der Waals surface area contributed by atoms with Crippen molar-refractivity contribution in [1.82, 2.24) is 5.01 Å². The van der Waals surface area contributed by atoms with Crippen LogP contribution in [0.2, 0.25) is 0 Å². The van der Waals surface area contributed by atoms with Crippen molar-refractivity contribution in [2.75, 3.05) is 13.7 Å². The first kappa shape index (κ1) is 10.7. The Balaban J connectivity index is 4.28. The monoisotopic (exact) mass is 173 g/mol. The Bertz CT molecular complexity index is 168. The van der Waals surface area contributed by atoms with E-state index in [1.54, 1.807) is 6.08 Å². The molecule has 0 saturated carbocycles. The molecule has 0 aliphatic carbocycles. The first-order valence-corrected chi connectivity index (χ1v) is 3.72. The van der Waals surface area contributed by atoms with Crippen LogP contribution in [0.3, 0.4) is 0 Å². The van der Waals surface area contributed by atoms with Crippen LogP contribution in [0.5, 0.6) is 0 Å². The van der Waals surface area contributed by atoms with E-state index in [1.807, 2.05) is 13.8 Å². The van der Waals surface area contributed by atoms with Crippen molar-refractivity contribution < 1.29 is 9.81 Å². The lowest BCUT2D eigenvalue weighted by atomic mass is 10.4. The summed E-state index contributed by atoms with van der Waals surface area (Å²) in [6, 6.07) is 0.0689. The largest absolute Gasteiger partial charge is 0.569 e. The van der Waals surface area contributed by atoms with Gasteiger partial charge in [-0.1, -0.05) is 6.08 Å². The van der Waals surface area contributed by atoms with Crippen LogP contribution in [0.15, 0.2) is 17.9 Å². The second kappa shape index (κ2) is 5.40. The van der Waals surface area contributed by atoms with Crippen LogP contribution >= 0.6 is 0 Å². The molecule has 0 saturated heterocycles. The Hall–Kier alpha value is -1.26. The first-order valence-electron chi connectivity index (χ1n) is 3.72. The molecule has 0 rings (SSSR count). The Morgan fingerprint density at radius 2 is 2.33 bits per heavy atom. The summed E-state index contributed by atoms with van der Waals surface area (Å²) < 4.78 is 0. The van der Waals surface area contributed by atoms with Gasteiger partial charge in [0, 0.05) is 0 Å². The molecular weight excluding hydrogens is 158 g/mol. The highest BCUT2D eigenvalue weighted by Crippen LogP contribution is 1.98. The summed E-state index contributed by atoms with van der Waals surface area (Å²) in [6.45, 7) is 7.77. The zero-order valence-corrected chi connectivity index (χ0v) is 7.73. The number of nitrogens with zero attached hydrogens (tertiary/aromatic N) is 3. The van der Waals surface area contributed by atoms with E-state index in [1.165, 1.54) is 12.1 Å². The van der Waals surface area contributed by atoms with E-state index < -0.39 is 0 Å². The molecule has 5 heteroatoms. The zero-order valence-electron chi connectivity index (χ0n) is 7.73. The van der Waals surface area contributed by atoms with Gasteiger partial charge < -0.3 is 10.0 Å². The molecule has 0 radical (unpaired) electrons. The van der Waals surface area contributed by atoms with E-state index in [0.29, 0.717) is 11.5 Å². The lowest BCUT2D eigenvalue weighted by Gasteiger charge is -2.19. The molecule has 12 heavy (non-hydrogen) atoms. The highest BCUT2D eigenvalue weighted by atomic mass is 16.7. The van der Waals surface area contributed by atoms with Crippen LogP contribution in [-0.4, -0.2) is 29.7 Å². The summed E-state index contributed by atoms with van der Waals surface area (Å²) in [5.74, 6) is 0. The van der Waals surface area contributed by atoms with Crippen molar-refractivity contribution in [3.8, 4) is 0 Å². The predicted octanol–water partition coefficient (Wildman–Crippen LogP) is 1.32. The Labute approximate surface area is 72.4 Å². The molecule has 70 valence electrons. The molecule has 0 aliphatic rings. The maximum absolute atomic E-state index is 11.1. The van der Waals surface area contributed by atoms with Crippen molar-refractivity contribution in [3.63, 3.8) is 0 Å². The SMILES string of the molecule is C=CCN(C(C)C)[N+]([O-])=NOC. The highest BCUT2D eigenvalue weighted by Gasteiger charge is 2.14. The van der Waals surface area contributed by atoms with E-state index in [9.17, 15) is 5.21 Å². The van der Waals surface area contributed by atoms with Gasteiger partial charge in [-0.2, -0.15) is 0 Å². The predicted molar refractivity (Wildman–Crippen MR) is 45.1 cm³/mol. The maximum Gasteiger partial charge on any atom is 0.232 e. The molecule has 0 unspecified atom stereocenters. The molecule has 0 spiro atoms. The second-order valence-corrected chi connectivity index (χ2v) is 2.52. The van der Waals surface area contributed by atoms with Crippen LogP contribution < -0.4 is 0 Å². The Morgan fingerprint density at radius 3 is 2.67 bits per heavy atom. The van der Waals surface area contributed by atoms with Crippen LogP contribution in [-0.2, 0) is 4.84 Å². The van der Waals surface area contributed by atoms with Crippen molar-refractivity contribution >= 4 is 0 Å². The molecule has 0 atom stereocenters. The summed E-state index contributed by atoms with van der Waals surface area (Å²) in [5, 5.41) is 15.8. The van der Waals surface area contributed by atoms with Gasteiger partial charge in [0.15, 0.2) is 0 Å². The minimum absolute atomic E-state index is 0.0689. The van der Waals surface area contributed by atoms with Crippen LogP contribution in [0.1, 0.15) is 13.8 Å². The average molecular weight is 173 g/mol. The lowest BCUT2D eigenvalue weighted by Crippen LogP contribution is -2.36. The third-order valence-electron chi connectivity index (χ3n) is 1.28. The maximum atomic E-state index is 11.1. The van der Waals surface area contributed by atoms with Gasteiger partial charge in [0.25, 0.3) is 0 Å². The number of hydrogen-bond acceptors (Lipinski definition) is 3. The van der Waals surface area contributed by atoms with Crippen LogP contribution in [0.25, 0.3) is 0 Å². The van der Waals surface area contributed by atoms with Gasteiger partial charge in [0.2, 0.25) is 5.28 Å². The summed E-state index contributed by atoms with van der Waals surface area (Å²) in [6.07, 6.45) is 1.64. The molecule has 0 aromatic carbocycles. The molecule has 0 aromatic rings. The average Bonchev–Trinajstić information content (AvgIpc) is 1.99. The zero-order chi connectivity index (χ0) is 9.56. The van der Waals surface area contributed by atoms with Gasteiger partial charge in [0.05, 0.1) is 17.6 Å². The fourth-order valence-electron chi connectivity index (χ4n) is 0.727. The van der Waals surface area contributed by atoms with Crippen LogP contribution in [0, 0.1) is 5.21 Å². The van der Waals surface area contributed by atoms with Gasteiger partial charge in [-0.05, 0) is 13.8 Å². The van der Waals surface area contributed by atoms with Gasteiger partial charge in [0.1, 0.15) is 7.11 Å². The fraction of sp³-hybridized carbons (Fsp3) is 0.714. The number of hydrazine groups is 1. The normalized spacial score (nSPS) is 11.5. The van der Waals surface area contributed by atoms with E-state index in [0.717, 1.165) is 0 Å². The molecule has 0 aromatic heterocycles. The Morgan fingerprint density at radius 1 is 1.75 bits per heavy atom. The van der Waals surface area contributed by atoms with Gasteiger partial charge in [-0.3, -0.25) is 0 Å². The molecule has 0 aliphatic heterocycles. The van der Waals surface area contributed by atoms with Crippen molar-refractivity contribution in [2.24, 2.45) is 5.28 Å². The molecule has 0 fully saturated rings. The third kappa shape index (κ3) is 3.23. The summed E-state index contributed by atoms with van der Waals surface area (Å²) in [4.78, 5) is 4.77. The molecule has 0 amide bonds. The lowest BCUT2D eigenvalue weighted by molar-refractivity contribution is -0.714.